The predicted molar refractivity (Wildman–Crippen MR) is 58.7 cm³/mol. The first-order valence-corrected chi connectivity index (χ1v) is 5.74. The van der Waals surface area contributed by atoms with Crippen molar-refractivity contribution in [2.24, 2.45) is 5.92 Å². The molecule has 5 heteroatoms. The number of hydrogen-bond donors (Lipinski definition) is 0. The van der Waals surface area contributed by atoms with E-state index in [9.17, 15) is 18.0 Å². The van der Waals surface area contributed by atoms with E-state index in [4.69, 9.17) is 4.74 Å². The van der Waals surface area contributed by atoms with E-state index in [0.29, 0.717) is 5.56 Å². The number of esters is 1. The summed E-state index contributed by atoms with van der Waals surface area (Å²) in [5.74, 6) is -2.20. The molecule has 1 unspecified atom stereocenters. The zero-order valence-corrected chi connectivity index (χ0v) is 9.83. The third kappa shape index (κ3) is 2.21. The number of halogens is 3. The van der Waals surface area contributed by atoms with Crippen molar-refractivity contribution in [3.63, 3.8) is 0 Å². The third-order valence-electron chi connectivity index (χ3n) is 3.15. The molecule has 98 valence electrons. The van der Waals surface area contributed by atoms with Crippen molar-refractivity contribution < 1.29 is 22.7 Å². The lowest BCUT2D eigenvalue weighted by Gasteiger charge is -2.20. The molecule has 0 heterocycles. The first kappa shape index (κ1) is 12.9. The Labute approximate surface area is 103 Å². The topological polar surface area (TPSA) is 26.3 Å². The molecule has 0 radical (unpaired) electrons. The van der Waals surface area contributed by atoms with Crippen molar-refractivity contribution >= 4 is 5.97 Å². The van der Waals surface area contributed by atoms with Crippen LogP contribution in [0.4, 0.5) is 13.2 Å². The van der Waals surface area contributed by atoms with Crippen molar-refractivity contribution in [1.82, 2.24) is 0 Å². The molecule has 1 aliphatic rings. The van der Waals surface area contributed by atoms with Gasteiger partial charge >= 0.3 is 12.1 Å². The molecule has 0 aromatic heterocycles. The molecule has 1 aliphatic carbocycles. The van der Waals surface area contributed by atoms with Crippen molar-refractivity contribution in [3.05, 3.63) is 35.9 Å². The van der Waals surface area contributed by atoms with Gasteiger partial charge in [-0.05, 0) is 5.56 Å². The summed E-state index contributed by atoms with van der Waals surface area (Å²) in [4.78, 5) is 11.3. The summed E-state index contributed by atoms with van der Waals surface area (Å²) in [6.07, 6.45) is -4.46. The van der Waals surface area contributed by atoms with Gasteiger partial charge in [-0.1, -0.05) is 37.3 Å². The highest BCUT2D eigenvalue weighted by Crippen LogP contribution is 2.62. The fraction of sp³-hybridized carbons (Fsp3) is 0.462. The van der Waals surface area contributed by atoms with Crippen LogP contribution in [0.1, 0.15) is 25.3 Å². The normalized spacial score (nSPS) is 26.8. The van der Waals surface area contributed by atoms with E-state index in [1.807, 2.05) is 0 Å². The zero-order chi connectivity index (χ0) is 13.4. The summed E-state index contributed by atoms with van der Waals surface area (Å²) in [7, 11) is 0. The highest BCUT2D eigenvalue weighted by Gasteiger charge is 2.70. The maximum absolute atomic E-state index is 12.8. The number of benzene rings is 1. The Bertz CT molecular complexity index is 441. The van der Waals surface area contributed by atoms with Crippen LogP contribution in [0.15, 0.2) is 30.3 Å². The lowest BCUT2D eigenvalue weighted by Crippen LogP contribution is -2.26. The lowest BCUT2D eigenvalue weighted by molar-refractivity contribution is -0.177. The van der Waals surface area contributed by atoms with Gasteiger partial charge in [-0.3, -0.25) is 4.79 Å². The Morgan fingerprint density at radius 1 is 1.39 bits per heavy atom. The zero-order valence-electron chi connectivity index (χ0n) is 9.83. The average Bonchev–Trinajstić information content (AvgIpc) is 3.06. The molecule has 2 atom stereocenters. The highest BCUT2D eigenvalue weighted by atomic mass is 19.4. The fourth-order valence-electron chi connectivity index (χ4n) is 2.11. The summed E-state index contributed by atoms with van der Waals surface area (Å²) in [6.45, 7) is 1.56. The molecule has 1 fully saturated rings. The van der Waals surface area contributed by atoms with E-state index in [1.54, 1.807) is 37.3 Å². The second-order valence-corrected chi connectivity index (χ2v) is 4.38. The van der Waals surface area contributed by atoms with Crippen LogP contribution in [0.5, 0.6) is 0 Å². The smallest absolute Gasteiger partial charge is 0.396 e. The van der Waals surface area contributed by atoms with Crippen LogP contribution in [0.3, 0.4) is 0 Å². The second kappa shape index (κ2) is 4.30. The number of rotatable bonds is 3. The largest absolute Gasteiger partial charge is 0.453 e. The summed E-state index contributed by atoms with van der Waals surface area (Å²) in [5, 5.41) is 0. The molecule has 0 aliphatic heterocycles. The molecule has 18 heavy (non-hydrogen) atoms. The van der Waals surface area contributed by atoms with Crippen molar-refractivity contribution in [2.45, 2.75) is 31.5 Å². The van der Waals surface area contributed by atoms with Crippen LogP contribution in [-0.4, -0.2) is 12.1 Å². The second-order valence-electron chi connectivity index (χ2n) is 4.38. The minimum Gasteiger partial charge on any atom is -0.453 e. The van der Waals surface area contributed by atoms with Gasteiger partial charge in [0.1, 0.15) is 11.5 Å². The quantitative estimate of drug-likeness (QED) is 0.776. The van der Waals surface area contributed by atoms with Crippen LogP contribution >= 0.6 is 0 Å². The number of alkyl halides is 3. The lowest BCUT2D eigenvalue weighted by atomic mass is 10.1. The summed E-state index contributed by atoms with van der Waals surface area (Å²) in [6, 6.07) is 8.12. The molecule has 0 N–H and O–H groups in total. The molecule has 0 amide bonds. The first-order chi connectivity index (χ1) is 8.40. The summed E-state index contributed by atoms with van der Waals surface area (Å²) >= 11 is 0. The van der Waals surface area contributed by atoms with Gasteiger partial charge in [-0.25, -0.2) is 0 Å². The molecule has 0 spiro atoms. The first-order valence-electron chi connectivity index (χ1n) is 5.74. The Balaban J connectivity index is 2.30. The molecule has 2 rings (SSSR count). The van der Waals surface area contributed by atoms with Gasteiger partial charge < -0.3 is 4.74 Å². The minimum absolute atomic E-state index is 0.0686. The number of ether oxygens (including phenoxy) is 1. The predicted octanol–water partition coefficient (Wildman–Crippen LogP) is 3.42. The van der Waals surface area contributed by atoms with Gasteiger partial charge in [-0.15, -0.1) is 0 Å². The van der Waals surface area contributed by atoms with E-state index in [2.05, 4.69) is 0 Å². The SMILES string of the molecule is CCC(=O)OC1(c2ccccc2)C[C@H]1C(F)(F)F. The van der Waals surface area contributed by atoms with Gasteiger partial charge in [0.05, 0.1) is 0 Å². The summed E-state index contributed by atoms with van der Waals surface area (Å²) in [5.41, 5.74) is -1.10. The summed E-state index contributed by atoms with van der Waals surface area (Å²) < 4.78 is 43.4. The van der Waals surface area contributed by atoms with E-state index in [-0.39, 0.29) is 12.8 Å². The van der Waals surface area contributed by atoms with Crippen molar-refractivity contribution in [1.29, 1.82) is 0 Å². The maximum Gasteiger partial charge on any atom is 0.396 e. The van der Waals surface area contributed by atoms with Crippen LogP contribution in [0.25, 0.3) is 0 Å². The molecule has 1 saturated carbocycles. The van der Waals surface area contributed by atoms with Crippen molar-refractivity contribution in [2.75, 3.05) is 0 Å². The Hall–Kier alpha value is -1.52. The van der Waals surface area contributed by atoms with E-state index < -0.39 is 23.7 Å². The van der Waals surface area contributed by atoms with Crippen LogP contribution in [0, 0.1) is 5.92 Å². The average molecular weight is 258 g/mol. The molecule has 1 aromatic rings. The maximum atomic E-state index is 12.8. The minimum atomic E-state index is -4.34. The molecular formula is C13H13F3O2. The van der Waals surface area contributed by atoms with Gasteiger partial charge in [0.25, 0.3) is 0 Å². The van der Waals surface area contributed by atoms with E-state index in [1.165, 1.54) is 0 Å². The van der Waals surface area contributed by atoms with Crippen LogP contribution < -0.4 is 0 Å². The number of carbonyl (C=O) groups is 1. The molecule has 0 saturated heterocycles. The molecule has 2 nitrogen and oxygen atoms in total. The molecular weight excluding hydrogens is 245 g/mol. The fourth-order valence-corrected chi connectivity index (χ4v) is 2.11. The van der Waals surface area contributed by atoms with E-state index >= 15 is 0 Å². The third-order valence-corrected chi connectivity index (χ3v) is 3.15. The monoisotopic (exact) mass is 258 g/mol. The molecule has 1 aromatic carbocycles. The van der Waals surface area contributed by atoms with Crippen LogP contribution in [-0.2, 0) is 15.1 Å². The van der Waals surface area contributed by atoms with Gasteiger partial charge in [-0.2, -0.15) is 13.2 Å². The number of hydrogen-bond acceptors (Lipinski definition) is 2. The highest BCUT2D eigenvalue weighted by molar-refractivity contribution is 5.70. The van der Waals surface area contributed by atoms with E-state index in [0.717, 1.165) is 0 Å². The Morgan fingerprint density at radius 3 is 2.44 bits per heavy atom. The van der Waals surface area contributed by atoms with Gasteiger partial charge in [0.15, 0.2) is 0 Å². The van der Waals surface area contributed by atoms with Crippen molar-refractivity contribution in [3.8, 4) is 0 Å². The molecule has 0 bridgehead atoms. The standard InChI is InChI=1S/C13H13F3O2/c1-2-11(17)18-12(8-10(12)13(14,15)16)9-6-4-3-5-7-9/h3-7,10H,2,8H2,1H3/t10-,12?/m1/s1. The van der Waals surface area contributed by atoms with Crippen LogP contribution in [0.2, 0.25) is 0 Å². The van der Waals surface area contributed by atoms with Gasteiger partial charge in [0, 0.05) is 12.8 Å². The van der Waals surface area contributed by atoms with Gasteiger partial charge in [0.2, 0.25) is 0 Å². The Kier molecular flexibility index (Phi) is 3.09. The Morgan fingerprint density at radius 2 is 2.00 bits per heavy atom. The number of carbonyl (C=O) groups excluding carboxylic acids is 1.